The van der Waals surface area contributed by atoms with Crippen molar-refractivity contribution in [2.24, 2.45) is 7.05 Å². The number of fused-ring (bicyclic) bond motifs is 1. The smallest absolute Gasteiger partial charge is 0.300 e. The van der Waals surface area contributed by atoms with Crippen molar-refractivity contribution in [1.29, 1.82) is 0 Å². The summed E-state index contributed by atoms with van der Waals surface area (Å²) in [4.78, 5) is 31.9. The molecule has 198 valence electrons. The normalized spacial score (nSPS) is 16.8. The van der Waals surface area contributed by atoms with Gasteiger partial charge in [-0.05, 0) is 25.0 Å². The number of nitrogens with zero attached hydrogens (tertiary/aromatic N) is 7. The Morgan fingerprint density at radius 2 is 1.89 bits per heavy atom. The summed E-state index contributed by atoms with van der Waals surface area (Å²) in [5, 5.41) is 7.16. The van der Waals surface area contributed by atoms with Gasteiger partial charge in [-0.1, -0.05) is 6.07 Å². The average Bonchev–Trinajstić information content (AvgIpc) is 3.59. The Labute approximate surface area is 219 Å². The number of piperidine rings is 1. The Balaban J connectivity index is 1.33. The third-order valence-corrected chi connectivity index (χ3v) is 6.94. The van der Waals surface area contributed by atoms with Gasteiger partial charge in [0.15, 0.2) is 5.58 Å². The quantitative estimate of drug-likeness (QED) is 0.407. The van der Waals surface area contributed by atoms with Gasteiger partial charge in [0.2, 0.25) is 5.65 Å². The molecule has 6 heterocycles. The van der Waals surface area contributed by atoms with Crippen LogP contribution in [0.1, 0.15) is 23.2 Å². The summed E-state index contributed by atoms with van der Waals surface area (Å²) in [6.07, 6.45) is 5.52. The molecule has 4 aromatic heterocycles. The highest BCUT2D eigenvalue weighted by Crippen LogP contribution is 2.30. The number of hydrogen-bond acceptors (Lipinski definition) is 10. The Morgan fingerprint density at radius 1 is 1.08 bits per heavy atom. The minimum atomic E-state index is -0.316. The molecule has 1 amide bonds. The summed E-state index contributed by atoms with van der Waals surface area (Å²) in [6, 6.07) is 7.72. The van der Waals surface area contributed by atoms with E-state index in [4.69, 9.17) is 18.9 Å². The highest BCUT2D eigenvalue weighted by Gasteiger charge is 2.27. The number of anilines is 3. The zero-order chi connectivity index (χ0) is 26.1. The van der Waals surface area contributed by atoms with Gasteiger partial charge >= 0.3 is 0 Å². The first-order valence-corrected chi connectivity index (χ1v) is 12.8. The molecule has 0 radical (unpaired) electrons. The lowest BCUT2D eigenvalue weighted by Gasteiger charge is -2.32. The molecule has 2 aliphatic rings. The molecule has 2 aliphatic heterocycles. The van der Waals surface area contributed by atoms with Gasteiger partial charge in [0, 0.05) is 58.2 Å². The molecule has 4 aromatic rings. The van der Waals surface area contributed by atoms with E-state index in [0.29, 0.717) is 60.7 Å². The third kappa shape index (κ3) is 4.92. The zero-order valence-electron chi connectivity index (χ0n) is 21.5. The molecule has 0 saturated carbocycles. The molecular weight excluding hydrogens is 488 g/mol. The number of rotatable bonds is 6. The molecule has 12 nitrogen and oxygen atoms in total. The molecule has 2 fully saturated rings. The van der Waals surface area contributed by atoms with E-state index in [-0.39, 0.29) is 12.0 Å². The number of hydrogen-bond donors (Lipinski definition) is 1. The number of aryl methyl sites for hydroxylation is 1. The van der Waals surface area contributed by atoms with E-state index in [0.717, 1.165) is 37.2 Å². The fraction of sp³-hybridized carbons (Fsp3) is 0.423. The summed E-state index contributed by atoms with van der Waals surface area (Å²) >= 11 is 0. The number of ether oxygens (including phenoxy) is 2. The molecular formula is C26H30N8O4. The fourth-order valence-electron chi connectivity index (χ4n) is 4.85. The zero-order valence-corrected chi connectivity index (χ0v) is 21.5. The van der Waals surface area contributed by atoms with Crippen LogP contribution in [0, 0.1) is 0 Å². The van der Waals surface area contributed by atoms with E-state index in [1.54, 1.807) is 30.1 Å². The van der Waals surface area contributed by atoms with Crippen molar-refractivity contribution >= 4 is 34.8 Å². The SMILES string of the molecule is COC1CCN(c2nc3nc(N4CCOCC4)oc3cc2C(=O)Nc2cccc(-c3cnn(C)c3)n2)CC1. The molecule has 6 rings (SSSR count). The van der Waals surface area contributed by atoms with Crippen LogP contribution in [0.4, 0.5) is 17.7 Å². The van der Waals surface area contributed by atoms with Crippen molar-refractivity contribution in [1.82, 2.24) is 24.7 Å². The van der Waals surface area contributed by atoms with Crippen molar-refractivity contribution in [3.8, 4) is 11.3 Å². The van der Waals surface area contributed by atoms with Gasteiger partial charge in [0.1, 0.15) is 11.6 Å². The maximum atomic E-state index is 13.7. The summed E-state index contributed by atoms with van der Waals surface area (Å²) in [6.45, 7) is 4.06. The lowest BCUT2D eigenvalue weighted by atomic mass is 10.1. The predicted octanol–water partition coefficient (Wildman–Crippen LogP) is 2.72. The van der Waals surface area contributed by atoms with Crippen LogP contribution in [0.3, 0.4) is 0 Å². The number of oxazole rings is 1. The van der Waals surface area contributed by atoms with Crippen LogP contribution in [0.5, 0.6) is 0 Å². The topological polar surface area (TPSA) is 124 Å². The number of carbonyl (C=O) groups is 1. The molecule has 0 unspecified atom stereocenters. The first-order valence-electron chi connectivity index (χ1n) is 12.8. The third-order valence-electron chi connectivity index (χ3n) is 6.94. The molecule has 0 bridgehead atoms. The van der Waals surface area contributed by atoms with Crippen molar-refractivity contribution in [2.75, 3.05) is 61.6 Å². The Hall–Kier alpha value is -4.03. The second-order valence-corrected chi connectivity index (χ2v) is 9.46. The van der Waals surface area contributed by atoms with Crippen molar-refractivity contribution in [2.45, 2.75) is 18.9 Å². The van der Waals surface area contributed by atoms with Gasteiger partial charge < -0.3 is 29.0 Å². The van der Waals surface area contributed by atoms with E-state index in [2.05, 4.69) is 25.3 Å². The number of morpholine rings is 1. The number of nitrogens with one attached hydrogen (secondary N) is 1. The van der Waals surface area contributed by atoms with Crippen LogP contribution in [0.15, 0.2) is 41.1 Å². The van der Waals surface area contributed by atoms with Crippen LogP contribution in [0.2, 0.25) is 0 Å². The molecule has 0 spiro atoms. The minimum Gasteiger partial charge on any atom is -0.422 e. The average molecular weight is 519 g/mol. The van der Waals surface area contributed by atoms with Gasteiger partial charge in [-0.15, -0.1) is 0 Å². The van der Waals surface area contributed by atoms with E-state index in [9.17, 15) is 4.79 Å². The van der Waals surface area contributed by atoms with Crippen LogP contribution < -0.4 is 15.1 Å². The molecule has 1 N–H and O–H groups in total. The first kappa shape index (κ1) is 24.3. The van der Waals surface area contributed by atoms with Crippen molar-refractivity contribution in [3.63, 3.8) is 0 Å². The predicted molar refractivity (Wildman–Crippen MR) is 141 cm³/mol. The van der Waals surface area contributed by atoms with E-state index < -0.39 is 0 Å². The highest BCUT2D eigenvalue weighted by molar-refractivity contribution is 6.08. The molecule has 0 atom stereocenters. The van der Waals surface area contributed by atoms with Gasteiger partial charge in [-0.3, -0.25) is 9.48 Å². The number of amides is 1. The number of pyridine rings is 2. The Bertz CT molecular complexity index is 1440. The first-order chi connectivity index (χ1) is 18.6. The van der Waals surface area contributed by atoms with Crippen LogP contribution >= 0.6 is 0 Å². The second kappa shape index (κ2) is 10.4. The molecule has 0 aliphatic carbocycles. The van der Waals surface area contributed by atoms with E-state index >= 15 is 0 Å². The number of methoxy groups -OCH3 is 1. The summed E-state index contributed by atoms with van der Waals surface area (Å²) in [7, 11) is 3.59. The van der Waals surface area contributed by atoms with Gasteiger partial charge in [0.05, 0.1) is 36.8 Å². The highest BCUT2D eigenvalue weighted by atomic mass is 16.5. The molecule has 12 heteroatoms. The standard InChI is InChI=1S/C26H30N8O4/c1-32-16-17(15-27-32)20-4-3-5-22(28-20)29-25(35)19-14-21-23(31-26(38-21)34-10-12-37-13-11-34)30-24(19)33-8-6-18(36-2)7-9-33/h3-5,14-16,18H,6-13H2,1-2H3,(H,28,29,35). The Morgan fingerprint density at radius 3 is 2.63 bits per heavy atom. The minimum absolute atomic E-state index is 0.201. The fourth-order valence-corrected chi connectivity index (χ4v) is 4.85. The van der Waals surface area contributed by atoms with Crippen LogP contribution in [-0.2, 0) is 16.5 Å². The van der Waals surface area contributed by atoms with E-state index in [1.165, 1.54) is 0 Å². The van der Waals surface area contributed by atoms with Gasteiger partial charge in [-0.2, -0.15) is 10.1 Å². The number of carbonyl (C=O) groups excluding carboxylic acids is 1. The van der Waals surface area contributed by atoms with Crippen LogP contribution in [-0.4, -0.2) is 83.2 Å². The van der Waals surface area contributed by atoms with Crippen LogP contribution in [0.25, 0.3) is 22.5 Å². The Kier molecular flexibility index (Phi) is 6.64. The summed E-state index contributed by atoms with van der Waals surface area (Å²) < 4.78 is 18.8. The molecule has 0 aromatic carbocycles. The van der Waals surface area contributed by atoms with Crippen molar-refractivity contribution < 1.29 is 18.7 Å². The largest absolute Gasteiger partial charge is 0.422 e. The monoisotopic (exact) mass is 518 g/mol. The number of aromatic nitrogens is 5. The summed E-state index contributed by atoms with van der Waals surface area (Å²) in [5.41, 5.74) is 2.93. The molecule has 38 heavy (non-hydrogen) atoms. The maximum absolute atomic E-state index is 13.7. The second-order valence-electron chi connectivity index (χ2n) is 9.46. The van der Waals surface area contributed by atoms with E-state index in [1.807, 2.05) is 30.3 Å². The van der Waals surface area contributed by atoms with Crippen molar-refractivity contribution in [3.05, 3.63) is 42.2 Å². The lowest BCUT2D eigenvalue weighted by Crippen LogP contribution is -2.38. The van der Waals surface area contributed by atoms with Gasteiger partial charge in [0.25, 0.3) is 11.9 Å². The summed E-state index contributed by atoms with van der Waals surface area (Å²) in [5.74, 6) is 0.699. The maximum Gasteiger partial charge on any atom is 0.300 e. The van der Waals surface area contributed by atoms with Gasteiger partial charge in [-0.25, -0.2) is 9.97 Å². The lowest BCUT2D eigenvalue weighted by molar-refractivity contribution is 0.0817. The molecule has 2 saturated heterocycles.